The number of fused-ring (bicyclic) bond motifs is 2. The first-order valence-corrected chi connectivity index (χ1v) is 8.57. The van der Waals surface area contributed by atoms with Gasteiger partial charge in [0.15, 0.2) is 0 Å². The van der Waals surface area contributed by atoms with Crippen LogP contribution in [0.5, 0.6) is 0 Å². The van der Waals surface area contributed by atoms with Crippen molar-refractivity contribution in [3.05, 3.63) is 23.0 Å². The Balaban J connectivity index is 1.87. The zero-order valence-corrected chi connectivity index (χ0v) is 13.3. The highest BCUT2D eigenvalue weighted by molar-refractivity contribution is 5.37. The second-order valence-electron chi connectivity index (χ2n) is 7.83. The van der Waals surface area contributed by atoms with Gasteiger partial charge in [-0.3, -0.25) is 4.90 Å². The van der Waals surface area contributed by atoms with Crippen LogP contribution in [0.15, 0.2) is 6.07 Å². The zero-order chi connectivity index (χ0) is 13.9. The molecule has 0 N–H and O–H groups in total. The molecule has 20 heavy (non-hydrogen) atoms. The van der Waals surface area contributed by atoms with Gasteiger partial charge in [0.25, 0.3) is 0 Å². The van der Waals surface area contributed by atoms with E-state index in [-0.39, 0.29) is 0 Å². The van der Waals surface area contributed by atoms with Gasteiger partial charge in [0.05, 0.1) is 0 Å². The molecule has 3 aliphatic heterocycles. The molecule has 0 amide bonds. The molecule has 4 aliphatic rings. The molecule has 1 aromatic heterocycles. The molecule has 5 rings (SSSR count). The van der Waals surface area contributed by atoms with Crippen molar-refractivity contribution >= 4 is 0 Å². The summed E-state index contributed by atoms with van der Waals surface area (Å²) in [6.07, 6.45) is 6.82. The Hall–Kier alpha value is -0.760. The molecule has 1 saturated heterocycles. The molecule has 2 heteroatoms. The Morgan fingerprint density at radius 1 is 1.15 bits per heavy atom. The maximum Gasteiger partial charge on any atom is 0.0338 e. The molecule has 4 heterocycles. The third-order valence-electron chi connectivity index (χ3n) is 6.02. The van der Waals surface area contributed by atoms with Gasteiger partial charge in [0.1, 0.15) is 0 Å². The van der Waals surface area contributed by atoms with Gasteiger partial charge in [-0.2, -0.15) is 0 Å². The number of aromatic nitrogens is 1. The summed E-state index contributed by atoms with van der Waals surface area (Å²) in [5, 5.41) is 0. The molecule has 1 aromatic rings. The first kappa shape index (κ1) is 12.9. The van der Waals surface area contributed by atoms with Crippen LogP contribution in [0.3, 0.4) is 0 Å². The van der Waals surface area contributed by atoms with Gasteiger partial charge in [0, 0.05) is 35.3 Å². The smallest absolute Gasteiger partial charge is 0.0338 e. The van der Waals surface area contributed by atoms with E-state index >= 15 is 0 Å². The van der Waals surface area contributed by atoms with Crippen molar-refractivity contribution in [1.82, 2.24) is 9.47 Å². The molecule has 1 saturated carbocycles. The number of nitrogens with zero attached hydrogens (tertiary/aromatic N) is 2. The van der Waals surface area contributed by atoms with Crippen LogP contribution in [0.1, 0.15) is 81.8 Å². The summed E-state index contributed by atoms with van der Waals surface area (Å²) >= 11 is 0. The summed E-state index contributed by atoms with van der Waals surface area (Å²) in [5.74, 6) is 0.839. The fourth-order valence-corrected chi connectivity index (χ4v) is 4.21. The number of hydrogen-bond acceptors (Lipinski definition) is 1. The lowest BCUT2D eigenvalue weighted by atomic mass is 9.86. The summed E-state index contributed by atoms with van der Waals surface area (Å²) in [7, 11) is 0. The van der Waals surface area contributed by atoms with Crippen LogP contribution in [0.4, 0.5) is 0 Å². The first-order chi connectivity index (χ1) is 9.60. The average molecular weight is 272 g/mol. The second kappa shape index (κ2) is 4.37. The highest BCUT2D eigenvalue weighted by Gasteiger charge is 2.39. The summed E-state index contributed by atoms with van der Waals surface area (Å²) < 4.78 is 2.80. The van der Waals surface area contributed by atoms with Gasteiger partial charge in [-0.1, -0.05) is 20.8 Å². The Morgan fingerprint density at radius 2 is 1.85 bits per heavy atom. The van der Waals surface area contributed by atoms with E-state index in [1.54, 1.807) is 17.0 Å². The highest BCUT2D eigenvalue weighted by Crippen LogP contribution is 2.47. The van der Waals surface area contributed by atoms with Crippen LogP contribution >= 0.6 is 0 Å². The Morgan fingerprint density at radius 3 is 2.45 bits per heavy atom. The largest absolute Gasteiger partial charge is 0.344 e. The van der Waals surface area contributed by atoms with Gasteiger partial charge in [-0.15, -0.1) is 0 Å². The first-order valence-electron chi connectivity index (χ1n) is 8.57. The van der Waals surface area contributed by atoms with Crippen LogP contribution in [0.25, 0.3) is 0 Å². The molecule has 0 unspecified atom stereocenters. The van der Waals surface area contributed by atoms with Crippen LogP contribution in [-0.2, 0) is 12.0 Å². The lowest BCUT2D eigenvalue weighted by Crippen LogP contribution is -2.30. The number of hydrogen-bond donors (Lipinski definition) is 0. The molecule has 0 spiro atoms. The minimum atomic E-state index is 0.323. The maximum absolute atomic E-state index is 2.80. The lowest BCUT2D eigenvalue weighted by molar-refractivity contribution is 0.218. The Bertz CT molecular complexity index is 514. The van der Waals surface area contributed by atoms with Gasteiger partial charge < -0.3 is 4.57 Å². The molecule has 110 valence electrons. The minimum absolute atomic E-state index is 0.323. The summed E-state index contributed by atoms with van der Waals surface area (Å²) in [4.78, 5) is 2.67. The van der Waals surface area contributed by atoms with E-state index in [0.717, 1.165) is 12.0 Å². The monoisotopic (exact) mass is 272 g/mol. The maximum atomic E-state index is 2.80. The third kappa shape index (κ3) is 1.88. The molecular weight excluding hydrogens is 244 g/mol. The van der Waals surface area contributed by atoms with Gasteiger partial charge in [-0.25, -0.2) is 0 Å². The molecular formula is C18H28N2. The second-order valence-corrected chi connectivity index (χ2v) is 7.83. The molecule has 0 radical (unpaired) electrons. The van der Waals surface area contributed by atoms with E-state index in [1.165, 1.54) is 51.7 Å². The fourth-order valence-electron chi connectivity index (χ4n) is 4.21. The van der Waals surface area contributed by atoms with Crippen LogP contribution in [0, 0.1) is 0 Å². The molecule has 2 nitrogen and oxygen atoms in total. The predicted molar refractivity (Wildman–Crippen MR) is 83.3 cm³/mol. The van der Waals surface area contributed by atoms with E-state index in [9.17, 15) is 0 Å². The molecule has 0 atom stereocenters. The van der Waals surface area contributed by atoms with Gasteiger partial charge in [0.2, 0.25) is 0 Å². The zero-order valence-electron chi connectivity index (χ0n) is 13.3. The van der Waals surface area contributed by atoms with E-state index in [4.69, 9.17) is 0 Å². The highest BCUT2D eigenvalue weighted by atomic mass is 15.2. The van der Waals surface area contributed by atoms with Crippen molar-refractivity contribution in [3.8, 4) is 0 Å². The molecule has 1 aliphatic carbocycles. The minimum Gasteiger partial charge on any atom is -0.344 e. The summed E-state index contributed by atoms with van der Waals surface area (Å²) in [5.41, 5.74) is 5.35. The molecule has 2 bridgehead atoms. The quantitative estimate of drug-likeness (QED) is 0.800. The fraction of sp³-hybridized carbons (Fsp3) is 0.778. The Kier molecular flexibility index (Phi) is 2.82. The van der Waals surface area contributed by atoms with Crippen molar-refractivity contribution in [2.75, 3.05) is 13.1 Å². The number of rotatable bonds is 3. The summed E-state index contributed by atoms with van der Waals surface area (Å²) in [6, 6.07) is 3.40. The predicted octanol–water partition coefficient (Wildman–Crippen LogP) is 4.20. The average Bonchev–Trinajstić information content (AvgIpc) is 3.26. The van der Waals surface area contributed by atoms with E-state index in [2.05, 4.69) is 36.3 Å². The van der Waals surface area contributed by atoms with Crippen LogP contribution < -0.4 is 0 Å². The lowest BCUT2D eigenvalue weighted by Gasteiger charge is -2.30. The topological polar surface area (TPSA) is 8.17 Å². The Labute approximate surface area is 123 Å². The van der Waals surface area contributed by atoms with Crippen molar-refractivity contribution in [2.45, 2.75) is 76.8 Å². The van der Waals surface area contributed by atoms with Crippen LogP contribution in [-0.4, -0.2) is 22.6 Å². The third-order valence-corrected chi connectivity index (χ3v) is 6.02. The van der Waals surface area contributed by atoms with Crippen molar-refractivity contribution < 1.29 is 0 Å². The van der Waals surface area contributed by atoms with Crippen LogP contribution in [0.2, 0.25) is 0 Å². The number of piperidine rings is 1. The van der Waals surface area contributed by atoms with E-state index < -0.39 is 0 Å². The van der Waals surface area contributed by atoms with E-state index in [1.807, 2.05) is 0 Å². The van der Waals surface area contributed by atoms with Crippen molar-refractivity contribution in [1.29, 1.82) is 0 Å². The SMILES string of the molecule is CCC(C)(C)c1cc2c(n1C1CC1)C1CCN(CC1)C2. The standard InChI is InChI=1S/C18H28N2/c1-4-18(2,3)16-11-14-12-19-9-7-13(8-10-19)17(14)20(16)15-5-6-15/h11,13,15H,4-10,12H2,1-3H3. The normalized spacial score (nSPS) is 29.4. The molecule has 2 fully saturated rings. The van der Waals surface area contributed by atoms with Gasteiger partial charge in [-0.05, 0) is 56.8 Å². The van der Waals surface area contributed by atoms with E-state index in [0.29, 0.717) is 5.41 Å². The van der Waals surface area contributed by atoms with Crippen molar-refractivity contribution in [2.24, 2.45) is 0 Å². The van der Waals surface area contributed by atoms with Crippen molar-refractivity contribution in [3.63, 3.8) is 0 Å². The van der Waals surface area contributed by atoms with Gasteiger partial charge >= 0.3 is 0 Å². The molecule has 0 aromatic carbocycles. The summed E-state index contributed by atoms with van der Waals surface area (Å²) in [6.45, 7) is 11.0.